The van der Waals surface area contributed by atoms with E-state index < -0.39 is 0 Å². The predicted molar refractivity (Wildman–Crippen MR) is 80.5 cm³/mol. The average Bonchev–Trinajstić information content (AvgIpc) is 2.36. The van der Waals surface area contributed by atoms with Crippen LogP contribution in [0.25, 0.3) is 0 Å². The Balaban J connectivity index is 1.99. The minimum atomic E-state index is -0.214. The molecule has 100 valence electrons. The van der Waals surface area contributed by atoms with Crippen molar-refractivity contribution < 1.29 is 4.39 Å². The standard InChI is InChI=1S/C16H17BrFN/c1-11-3-5-14(6-4-11)12(2)19-10-13-7-15(17)9-16(18)8-13/h3-9,12,19H,10H2,1-2H3. The third kappa shape index (κ3) is 4.15. The molecule has 0 aromatic heterocycles. The molecule has 0 spiro atoms. The molecule has 0 aliphatic carbocycles. The molecule has 19 heavy (non-hydrogen) atoms. The molecule has 1 N–H and O–H groups in total. The zero-order valence-electron chi connectivity index (χ0n) is 11.1. The van der Waals surface area contributed by atoms with Crippen molar-refractivity contribution in [2.45, 2.75) is 26.4 Å². The molecule has 0 amide bonds. The molecule has 3 heteroatoms. The van der Waals surface area contributed by atoms with Gasteiger partial charge >= 0.3 is 0 Å². The molecule has 0 radical (unpaired) electrons. The van der Waals surface area contributed by atoms with Gasteiger partial charge in [-0.2, -0.15) is 0 Å². The Morgan fingerprint density at radius 3 is 2.47 bits per heavy atom. The molecule has 0 saturated carbocycles. The van der Waals surface area contributed by atoms with Gasteiger partial charge in [0.1, 0.15) is 5.82 Å². The van der Waals surface area contributed by atoms with Crippen LogP contribution < -0.4 is 5.32 Å². The smallest absolute Gasteiger partial charge is 0.124 e. The molecule has 0 aliphatic rings. The van der Waals surface area contributed by atoms with E-state index in [9.17, 15) is 4.39 Å². The zero-order chi connectivity index (χ0) is 13.8. The quantitative estimate of drug-likeness (QED) is 0.857. The molecule has 1 atom stereocenters. The fourth-order valence-electron chi connectivity index (χ4n) is 1.96. The highest BCUT2D eigenvalue weighted by Crippen LogP contribution is 2.17. The lowest BCUT2D eigenvalue weighted by Crippen LogP contribution is -2.18. The number of hydrogen-bond acceptors (Lipinski definition) is 1. The summed E-state index contributed by atoms with van der Waals surface area (Å²) in [5.74, 6) is -0.214. The molecule has 1 nitrogen and oxygen atoms in total. The summed E-state index contributed by atoms with van der Waals surface area (Å²) in [7, 11) is 0. The van der Waals surface area contributed by atoms with E-state index in [1.807, 2.05) is 6.07 Å². The fraction of sp³-hybridized carbons (Fsp3) is 0.250. The summed E-state index contributed by atoms with van der Waals surface area (Å²) in [6.45, 7) is 4.83. The van der Waals surface area contributed by atoms with Crippen molar-refractivity contribution in [2.75, 3.05) is 0 Å². The van der Waals surface area contributed by atoms with Crippen LogP contribution in [0.1, 0.15) is 29.7 Å². The van der Waals surface area contributed by atoms with Crippen LogP contribution in [-0.4, -0.2) is 0 Å². The zero-order valence-corrected chi connectivity index (χ0v) is 12.7. The Morgan fingerprint density at radius 2 is 1.84 bits per heavy atom. The van der Waals surface area contributed by atoms with Gasteiger partial charge < -0.3 is 5.32 Å². The third-order valence-corrected chi connectivity index (χ3v) is 3.57. The maximum Gasteiger partial charge on any atom is 0.124 e. The minimum Gasteiger partial charge on any atom is -0.306 e. The summed E-state index contributed by atoms with van der Waals surface area (Å²) in [6, 6.07) is 13.6. The summed E-state index contributed by atoms with van der Waals surface area (Å²) in [5, 5.41) is 3.40. The topological polar surface area (TPSA) is 12.0 Å². The van der Waals surface area contributed by atoms with Gasteiger partial charge in [0.05, 0.1) is 0 Å². The third-order valence-electron chi connectivity index (χ3n) is 3.11. The van der Waals surface area contributed by atoms with E-state index in [0.29, 0.717) is 6.54 Å². The van der Waals surface area contributed by atoms with Crippen LogP contribution in [-0.2, 0) is 6.54 Å². The molecule has 1 unspecified atom stereocenters. The molecular formula is C16H17BrFN. The Hall–Kier alpha value is -1.19. The van der Waals surface area contributed by atoms with Crippen LogP contribution in [0.5, 0.6) is 0 Å². The van der Waals surface area contributed by atoms with Crippen LogP contribution in [0.15, 0.2) is 46.9 Å². The van der Waals surface area contributed by atoms with E-state index in [4.69, 9.17) is 0 Å². The van der Waals surface area contributed by atoms with Gasteiger partial charge in [-0.1, -0.05) is 45.8 Å². The monoisotopic (exact) mass is 321 g/mol. The number of rotatable bonds is 4. The van der Waals surface area contributed by atoms with E-state index in [1.165, 1.54) is 17.2 Å². The van der Waals surface area contributed by atoms with Gasteiger partial charge in [0.2, 0.25) is 0 Å². The van der Waals surface area contributed by atoms with Crippen molar-refractivity contribution in [2.24, 2.45) is 0 Å². The highest BCUT2D eigenvalue weighted by Gasteiger charge is 2.05. The SMILES string of the molecule is Cc1ccc(C(C)NCc2cc(F)cc(Br)c2)cc1. The lowest BCUT2D eigenvalue weighted by molar-refractivity contribution is 0.569. The molecular weight excluding hydrogens is 305 g/mol. The maximum absolute atomic E-state index is 13.3. The predicted octanol–water partition coefficient (Wildman–Crippen LogP) is 4.75. The molecule has 0 aliphatic heterocycles. The van der Waals surface area contributed by atoms with Gasteiger partial charge in [-0.05, 0) is 43.2 Å². The van der Waals surface area contributed by atoms with E-state index in [1.54, 1.807) is 6.07 Å². The summed E-state index contributed by atoms with van der Waals surface area (Å²) in [5.41, 5.74) is 3.43. The van der Waals surface area contributed by atoms with Gasteiger partial charge in [-0.15, -0.1) is 0 Å². The molecule has 0 heterocycles. The first-order valence-electron chi connectivity index (χ1n) is 6.29. The van der Waals surface area contributed by atoms with Crippen molar-refractivity contribution in [3.8, 4) is 0 Å². The van der Waals surface area contributed by atoms with Crippen molar-refractivity contribution in [1.82, 2.24) is 5.32 Å². The van der Waals surface area contributed by atoms with Crippen molar-refractivity contribution in [3.63, 3.8) is 0 Å². The van der Waals surface area contributed by atoms with Crippen molar-refractivity contribution >= 4 is 15.9 Å². The Kier molecular flexibility index (Phi) is 4.72. The second-order valence-electron chi connectivity index (χ2n) is 4.79. The number of halogens is 2. The summed E-state index contributed by atoms with van der Waals surface area (Å²) >= 11 is 3.31. The fourth-order valence-corrected chi connectivity index (χ4v) is 2.47. The first-order chi connectivity index (χ1) is 9.04. The summed E-state index contributed by atoms with van der Waals surface area (Å²) in [6.07, 6.45) is 0. The van der Waals surface area contributed by atoms with Crippen LogP contribution in [0.2, 0.25) is 0 Å². The van der Waals surface area contributed by atoms with Crippen LogP contribution in [0.4, 0.5) is 4.39 Å². The highest BCUT2D eigenvalue weighted by molar-refractivity contribution is 9.10. The molecule has 2 rings (SSSR count). The maximum atomic E-state index is 13.3. The van der Waals surface area contributed by atoms with Gasteiger partial charge in [-0.3, -0.25) is 0 Å². The van der Waals surface area contributed by atoms with Gasteiger partial charge in [0, 0.05) is 17.1 Å². The van der Waals surface area contributed by atoms with E-state index >= 15 is 0 Å². The summed E-state index contributed by atoms with van der Waals surface area (Å²) in [4.78, 5) is 0. The van der Waals surface area contributed by atoms with E-state index in [2.05, 4.69) is 59.4 Å². The molecule has 2 aromatic carbocycles. The van der Waals surface area contributed by atoms with Crippen molar-refractivity contribution in [3.05, 3.63) is 69.4 Å². The average molecular weight is 322 g/mol. The number of hydrogen-bond donors (Lipinski definition) is 1. The van der Waals surface area contributed by atoms with E-state index in [-0.39, 0.29) is 11.9 Å². The van der Waals surface area contributed by atoms with Crippen LogP contribution in [0, 0.1) is 12.7 Å². The first kappa shape index (κ1) is 14.2. The largest absolute Gasteiger partial charge is 0.306 e. The second-order valence-corrected chi connectivity index (χ2v) is 5.71. The van der Waals surface area contributed by atoms with Gasteiger partial charge in [-0.25, -0.2) is 4.39 Å². The number of nitrogens with one attached hydrogen (secondary N) is 1. The summed E-state index contributed by atoms with van der Waals surface area (Å²) < 4.78 is 14.0. The van der Waals surface area contributed by atoms with Crippen LogP contribution in [0.3, 0.4) is 0 Å². The minimum absolute atomic E-state index is 0.214. The number of benzene rings is 2. The van der Waals surface area contributed by atoms with E-state index in [0.717, 1.165) is 10.0 Å². The Labute approximate surface area is 122 Å². The van der Waals surface area contributed by atoms with Gasteiger partial charge in [0.15, 0.2) is 0 Å². The molecule has 0 bridgehead atoms. The highest BCUT2D eigenvalue weighted by atomic mass is 79.9. The normalized spacial score (nSPS) is 12.4. The van der Waals surface area contributed by atoms with Crippen molar-refractivity contribution in [1.29, 1.82) is 0 Å². The number of aryl methyl sites for hydroxylation is 1. The first-order valence-corrected chi connectivity index (χ1v) is 7.09. The Bertz CT molecular complexity index is 531. The lowest BCUT2D eigenvalue weighted by atomic mass is 10.1. The second kappa shape index (κ2) is 6.31. The molecule has 2 aromatic rings. The van der Waals surface area contributed by atoms with Crippen LogP contribution >= 0.6 is 15.9 Å². The Morgan fingerprint density at radius 1 is 1.16 bits per heavy atom. The van der Waals surface area contributed by atoms with Gasteiger partial charge in [0.25, 0.3) is 0 Å². The molecule has 0 saturated heterocycles. The lowest BCUT2D eigenvalue weighted by Gasteiger charge is -2.15. The molecule has 0 fully saturated rings.